The summed E-state index contributed by atoms with van der Waals surface area (Å²) in [6.45, 7) is 12.1. The van der Waals surface area contributed by atoms with Gasteiger partial charge in [-0.3, -0.25) is 0 Å². The quantitative estimate of drug-likeness (QED) is 0.769. The summed E-state index contributed by atoms with van der Waals surface area (Å²) in [4.78, 5) is 2.40. The van der Waals surface area contributed by atoms with E-state index >= 15 is 0 Å². The Morgan fingerprint density at radius 1 is 1.00 bits per heavy atom. The topological polar surface area (TPSA) is 15.3 Å². The monoisotopic (exact) mass is 262 g/mol. The van der Waals surface area contributed by atoms with Crippen LogP contribution in [-0.4, -0.2) is 24.5 Å². The molecule has 0 spiro atoms. The minimum Gasteiger partial charge on any atom is -0.310 e. The highest BCUT2D eigenvalue weighted by Crippen LogP contribution is 2.08. The van der Waals surface area contributed by atoms with Crippen molar-refractivity contribution in [3.8, 4) is 0 Å². The van der Waals surface area contributed by atoms with Crippen molar-refractivity contribution in [2.24, 2.45) is 5.92 Å². The third-order valence-corrected chi connectivity index (χ3v) is 3.28. The average Bonchev–Trinajstić information content (AvgIpc) is 2.35. The Balaban J connectivity index is 2.39. The van der Waals surface area contributed by atoms with Gasteiger partial charge in [-0.25, -0.2) is 0 Å². The normalized spacial score (nSPS) is 11.8. The Morgan fingerprint density at radius 3 is 2.11 bits per heavy atom. The zero-order chi connectivity index (χ0) is 14.3. The highest BCUT2D eigenvalue weighted by molar-refractivity contribution is 5.22. The van der Waals surface area contributed by atoms with Crippen molar-refractivity contribution >= 4 is 0 Å². The standard InChI is InChI=1S/C17H30N2/c1-14(2)10-11-19(5)13-17-8-6-16(7-9-17)12-18-15(3)4/h6-9,14-15,18H,10-13H2,1-5H3. The molecule has 1 N–H and O–H groups in total. The summed E-state index contributed by atoms with van der Waals surface area (Å²) in [7, 11) is 2.20. The number of benzene rings is 1. The molecule has 0 atom stereocenters. The van der Waals surface area contributed by atoms with Gasteiger partial charge < -0.3 is 10.2 Å². The SMILES string of the molecule is CC(C)CCN(C)Cc1ccc(CNC(C)C)cc1. The highest BCUT2D eigenvalue weighted by atomic mass is 15.1. The van der Waals surface area contributed by atoms with Gasteiger partial charge in [-0.15, -0.1) is 0 Å². The number of rotatable bonds is 8. The third-order valence-electron chi connectivity index (χ3n) is 3.28. The molecule has 1 aromatic rings. The predicted molar refractivity (Wildman–Crippen MR) is 84.2 cm³/mol. The highest BCUT2D eigenvalue weighted by Gasteiger charge is 2.02. The van der Waals surface area contributed by atoms with Gasteiger partial charge in [0.25, 0.3) is 0 Å². The van der Waals surface area contributed by atoms with E-state index in [1.807, 2.05) is 0 Å². The Bertz CT molecular complexity index is 341. The number of nitrogens with zero attached hydrogens (tertiary/aromatic N) is 1. The lowest BCUT2D eigenvalue weighted by atomic mass is 10.1. The van der Waals surface area contributed by atoms with E-state index in [1.165, 1.54) is 24.1 Å². The molecule has 0 aliphatic carbocycles. The van der Waals surface area contributed by atoms with Gasteiger partial charge in [0.1, 0.15) is 0 Å². The van der Waals surface area contributed by atoms with Crippen LogP contribution in [0.2, 0.25) is 0 Å². The molecule has 2 nitrogen and oxygen atoms in total. The molecule has 108 valence electrons. The van der Waals surface area contributed by atoms with Crippen LogP contribution in [0.5, 0.6) is 0 Å². The first kappa shape index (κ1) is 16.2. The minimum atomic E-state index is 0.543. The Hall–Kier alpha value is -0.860. The first-order chi connectivity index (χ1) is 8.97. The van der Waals surface area contributed by atoms with E-state index in [-0.39, 0.29) is 0 Å². The molecule has 1 rings (SSSR count). The predicted octanol–water partition coefficient (Wildman–Crippen LogP) is 3.66. The van der Waals surface area contributed by atoms with E-state index in [4.69, 9.17) is 0 Å². The second kappa shape index (κ2) is 8.34. The number of nitrogens with one attached hydrogen (secondary N) is 1. The lowest BCUT2D eigenvalue weighted by molar-refractivity contribution is 0.303. The molecule has 1 aromatic carbocycles. The van der Waals surface area contributed by atoms with Crippen LogP contribution in [0.25, 0.3) is 0 Å². The zero-order valence-electron chi connectivity index (χ0n) is 13.2. The molecule has 0 saturated carbocycles. The first-order valence-corrected chi connectivity index (χ1v) is 7.47. The zero-order valence-corrected chi connectivity index (χ0v) is 13.2. The second-order valence-electron chi connectivity index (χ2n) is 6.27. The van der Waals surface area contributed by atoms with E-state index in [1.54, 1.807) is 0 Å². The molecule has 0 aromatic heterocycles. The molecular formula is C17H30N2. The van der Waals surface area contributed by atoms with E-state index in [2.05, 4.69) is 69.2 Å². The van der Waals surface area contributed by atoms with Crippen molar-refractivity contribution in [2.75, 3.05) is 13.6 Å². The van der Waals surface area contributed by atoms with E-state index < -0.39 is 0 Å². The fourth-order valence-corrected chi connectivity index (χ4v) is 1.95. The molecule has 0 fully saturated rings. The van der Waals surface area contributed by atoms with Crippen molar-refractivity contribution < 1.29 is 0 Å². The smallest absolute Gasteiger partial charge is 0.0230 e. The molecule has 0 bridgehead atoms. The summed E-state index contributed by atoms with van der Waals surface area (Å²) in [6.07, 6.45) is 1.27. The largest absolute Gasteiger partial charge is 0.310 e. The van der Waals surface area contributed by atoms with Crippen LogP contribution in [-0.2, 0) is 13.1 Å². The van der Waals surface area contributed by atoms with Gasteiger partial charge in [-0.2, -0.15) is 0 Å². The summed E-state index contributed by atoms with van der Waals surface area (Å²) < 4.78 is 0. The van der Waals surface area contributed by atoms with Crippen LogP contribution in [0, 0.1) is 5.92 Å². The summed E-state index contributed by atoms with van der Waals surface area (Å²) in [5, 5.41) is 3.44. The number of hydrogen-bond donors (Lipinski definition) is 1. The van der Waals surface area contributed by atoms with E-state index in [0.29, 0.717) is 6.04 Å². The van der Waals surface area contributed by atoms with E-state index in [9.17, 15) is 0 Å². The maximum atomic E-state index is 3.44. The first-order valence-electron chi connectivity index (χ1n) is 7.47. The fraction of sp³-hybridized carbons (Fsp3) is 0.647. The summed E-state index contributed by atoms with van der Waals surface area (Å²) in [5.41, 5.74) is 2.77. The van der Waals surface area contributed by atoms with Crippen LogP contribution < -0.4 is 5.32 Å². The lowest BCUT2D eigenvalue weighted by Gasteiger charge is -2.18. The molecule has 0 aliphatic heterocycles. The van der Waals surface area contributed by atoms with Crippen molar-refractivity contribution in [2.45, 2.75) is 53.2 Å². The molecule has 0 radical (unpaired) electrons. The van der Waals surface area contributed by atoms with Crippen molar-refractivity contribution in [3.05, 3.63) is 35.4 Å². The van der Waals surface area contributed by atoms with Crippen molar-refractivity contribution in [1.82, 2.24) is 10.2 Å². The molecule has 2 heteroatoms. The van der Waals surface area contributed by atoms with Gasteiger partial charge in [-0.1, -0.05) is 52.0 Å². The van der Waals surface area contributed by atoms with Gasteiger partial charge in [-0.05, 0) is 37.1 Å². The van der Waals surface area contributed by atoms with Gasteiger partial charge in [0, 0.05) is 19.1 Å². The molecule has 0 heterocycles. The third kappa shape index (κ3) is 7.34. The Labute approximate surface area is 119 Å². The Kier molecular flexibility index (Phi) is 7.11. The second-order valence-corrected chi connectivity index (χ2v) is 6.27. The van der Waals surface area contributed by atoms with Crippen molar-refractivity contribution in [1.29, 1.82) is 0 Å². The molecule has 0 amide bonds. The summed E-state index contributed by atoms with van der Waals surface area (Å²) in [6, 6.07) is 9.52. The molecule has 19 heavy (non-hydrogen) atoms. The van der Waals surface area contributed by atoms with Crippen LogP contribution in [0.15, 0.2) is 24.3 Å². The average molecular weight is 262 g/mol. The maximum absolute atomic E-state index is 3.44. The minimum absolute atomic E-state index is 0.543. The van der Waals surface area contributed by atoms with Crippen LogP contribution in [0.3, 0.4) is 0 Å². The lowest BCUT2D eigenvalue weighted by Crippen LogP contribution is -2.22. The number of hydrogen-bond acceptors (Lipinski definition) is 2. The van der Waals surface area contributed by atoms with Gasteiger partial charge in [0.2, 0.25) is 0 Å². The van der Waals surface area contributed by atoms with Crippen LogP contribution in [0.1, 0.15) is 45.2 Å². The van der Waals surface area contributed by atoms with Crippen molar-refractivity contribution in [3.63, 3.8) is 0 Å². The summed E-state index contributed by atoms with van der Waals surface area (Å²) in [5.74, 6) is 0.784. The van der Waals surface area contributed by atoms with E-state index in [0.717, 1.165) is 19.0 Å². The van der Waals surface area contributed by atoms with Gasteiger partial charge >= 0.3 is 0 Å². The summed E-state index contributed by atoms with van der Waals surface area (Å²) >= 11 is 0. The van der Waals surface area contributed by atoms with Gasteiger partial charge in [0.15, 0.2) is 0 Å². The molecule has 0 unspecified atom stereocenters. The molecule has 0 aliphatic rings. The molecular weight excluding hydrogens is 232 g/mol. The fourth-order valence-electron chi connectivity index (χ4n) is 1.95. The van der Waals surface area contributed by atoms with Crippen LogP contribution >= 0.6 is 0 Å². The molecule has 0 saturated heterocycles. The Morgan fingerprint density at radius 2 is 1.58 bits per heavy atom. The van der Waals surface area contributed by atoms with Crippen LogP contribution in [0.4, 0.5) is 0 Å². The maximum Gasteiger partial charge on any atom is 0.0230 e. The van der Waals surface area contributed by atoms with Gasteiger partial charge in [0.05, 0.1) is 0 Å².